The molecule has 0 radical (unpaired) electrons. The maximum Gasteiger partial charge on any atom is 0.228 e. The standard InChI is InChI=1S/C15H11FN2O/c16-11-6-7-13(17)12(8-11)15-18-9-14(19-15)10-4-2-1-3-5-10/h1-9H,17H2. The minimum absolute atomic E-state index is 0.316. The summed E-state index contributed by atoms with van der Waals surface area (Å²) in [6, 6.07) is 13.7. The van der Waals surface area contributed by atoms with Crippen molar-refractivity contribution in [2.75, 3.05) is 5.73 Å². The molecule has 0 spiro atoms. The van der Waals surface area contributed by atoms with Gasteiger partial charge in [0, 0.05) is 11.3 Å². The normalized spacial score (nSPS) is 10.6. The van der Waals surface area contributed by atoms with Crippen molar-refractivity contribution in [3.63, 3.8) is 0 Å². The van der Waals surface area contributed by atoms with Crippen LogP contribution in [0.3, 0.4) is 0 Å². The number of hydrogen-bond donors (Lipinski definition) is 1. The van der Waals surface area contributed by atoms with Crippen molar-refractivity contribution in [2.24, 2.45) is 0 Å². The van der Waals surface area contributed by atoms with Gasteiger partial charge in [0.2, 0.25) is 5.89 Å². The van der Waals surface area contributed by atoms with Gasteiger partial charge in [0.25, 0.3) is 0 Å². The summed E-state index contributed by atoms with van der Waals surface area (Å²) in [6.45, 7) is 0. The first-order chi connectivity index (χ1) is 9.24. The third kappa shape index (κ3) is 2.20. The molecule has 0 saturated heterocycles. The lowest BCUT2D eigenvalue weighted by molar-refractivity contribution is 0.586. The van der Waals surface area contributed by atoms with Crippen molar-refractivity contribution in [3.8, 4) is 22.8 Å². The summed E-state index contributed by atoms with van der Waals surface area (Å²) in [6.07, 6.45) is 1.61. The fraction of sp³-hybridized carbons (Fsp3) is 0. The van der Waals surface area contributed by atoms with Gasteiger partial charge in [0.15, 0.2) is 5.76 Å². The summed E-state index contributed by atoms with van der Waals surface area (Å²) in [5.74, 6) is 0.568. The summed E-state index contributed by atoms with van der Waals surface area (Å²) in [5.41, 5.74) is 7.61. The van der Waals surface area contributed by atoms with E-state index >= 15 is 0 Å². The molecule has 0 aliphatic heterocycles. The lowest BCUT2D eigenvalue weighted by Gasteiger charge is -2.01. The van der Waals surface area contributed by atoms with E-state index in [1.165, 1.54) is 18.2 Å². The maximum absolute atomic E-state index is 13.2. The number of nitrogen functional groups attached to an aromatic ring is 1. The van der Waals surface area contributed by atoms with Crippen LogP contribution in [-0.4, -0.2) is 4.98 Å². The van der Waals surface area contributed by atoms with Crippen LogP contribution < -0.4 is 5.73 Å². The molecule has 19 heavy (non-hydrogen) atoms. The first-order valence-electron chi connectivity index (χ1n) is 5.81. The molecule has 2 aromatic carbocycles. The number of halogens is 1. The van der Waals surface area contributed by atoms with Crippen molar-refractivity contribution >= 4 is 5.69 Å². The number of anilines is 1. The molecule has 0 atom stereocenters. The SMILES string of the molecule is Nc1ccc(F)cc1-c1ncc(-c2ccccc2)o1. The molecule has 4 heteroatoms. The Morgan fingerprint density at radius 3 is 2.63 bits per heavy atom. The zero-order valence-corrected chi connectivity index (χ0v) is 10.0. The van der Waals surface area contributed by atoms with Crippen LogP contribution in [0, 0.1) is 5.82 Å². The molecule has 1 heterocycles. The molecule has 3 aromatic rings. The second kappa shape index (κ2) is 4.57. The second-order valence-electron chi connectivity index (χ2n) is 4.13. The van der Waals surface area contributed by atoms with Crippen molar-refractivity contribution in [3.05, 3.63) is 60.5 Å². The Bertz CT molecular complexity index is 707. The van der Waals surface area contributed by atoms with Crippen LogP contribution in [0.15, 0.2) is 59.1 Å². The van der Waals surface area contributed by atoms with Crippen LogP contribution in [0.2, 0.25) is 0 Å². The van der Waals surface area contributed by atoms with Gasteiger partial charge >= 0.3 is 0 Å². The molecule has 0 aliphatic carbocycles. The van der Waals surface area contributed by atoms with Crippen LogP contribution in [0.25, 0.3) is 22.8 Å². The number of rotatable bonds is 2. The zero-order valence-electron chi connectivity index (χ0n) is 10.0. The lowest BCUT2D eigenvalue weighted by atomic mass is 10.2. The predicted molar refractivity (Wildman–Crippen MR) is 71.7 cm³/mol. The molecule has 0 fully saturated rings. The largest absolute Gasteiger partial charge is 0.436 e. The van der Waals surface area contributed by atoms with Crippen LogP contribution in [0.5, 0.6) is 0 Å². The van der Waals surface area contributed by atoms with Crippen molar-refractivity contribution in [1.82, 2.24) is 4.98 Å². The average molecular weight is 254 g/mol. The fourth-order valence-corrected chi connectivity index (χ4v) is 1.85. The molecule has 1 aromatic heterocycles. The molecule has 0 saturated carbocycles. The van der Waals surface area contributed by atoms with Crippen molar-refractivity contribution in [2.45, 2.75) is 0 Å². The number of nitrogens with zero attached hydrogens (tertiary/aromatic N) is 1. The van der Waals surface area contributed by atoms with Gasteiger partial charge in [-0.05, 0) is 18.2 Å². The monoisotopic (exact) mass is 254 g/mol. The number of nitrogens with two attached hydrogens (primary N) is 1. The van der Waals surface area contributed by atoms with E-state index in [9.17, 15) is 4.39 Å². The van der Waals surface area contributed by atoms with E-state index in [-0.39, 0.29) is 5.82 Å². The Kier molecular flexibility index (Phi) is 2.76. The molecule has 0 bridgehead atoms. The predicted octanol–water partition coefficient (Wildman–Crippen LogP) is 3.73. The molecular formula is C15H11FN2O. The highest BCUT2D eigenvalue weighted by Gasteiger charge is 2.11. The van der Waals surface area contributed by atoms with E-state index in [1.54, 1.807) is 6.20 Å². The molecule has 0 aliphatic rings. The van der Waals surface area contributed by atoms with Crippen LogP contribution in [0.4, 0.5) is 10.1 Å². The smallest absolute Gasteiger partial charge is 0.228 e. The molecule has 2 N–H and O–H groups in total. The Hall–Kier alpha value is -2.62. The third-order valence-corrected chi connectivity index (χ3v) is 2.81. The van der Waals surface area contributed by atoms with E-state index in [2.05, 4.69) is 4.98 Å². The Morgan fingerprint density at radius 1 is 1.05 bits per heavy atom. The minimum atomic E-state index is -0.372. The molecule has 0 amide bonds. The van der Waals surface area contributed by atoms with Gasteiger partial charge < -0.3 is 10.2 Å². The minimum Gasteiger partial charge on any atom is -0.436 e. The summed E-state index contributed by atoms with van der Waals surface area (Å²) < 4.78 is 18.9. The molecule has 0 unspecified atom stereocenters. The van der Waals surface area contributed by atoms with Crippen LogP contribution in [0.1, 0.15) is 0 Å². The van der Waals surface area contributed by atoms with Gasteiger partial charge in [-0.2, -0.15) is 0 Å². The molecule has 94 valence electrons. The van der Waals surface area contributed by atoms with E-state index in [0.29, 0.717) is 22.9 Å². The number of oxazole rings is 1. The van der Waals surface area contributed by atoms with Gasteiger partial charge in [-0.15, -0.1) is 0 Å². The number of benzene rings is 2. The topological polar surface area (TPSA) is 52.0 Å². The van der Waals surface area contributed by atoms with E-state index in [4.69, 9.17) is 10.2 Å². The first-order valence-corrected chi connectivity index (χ1v) is 5.81. The zero-order chi connectivity index (χ0) is 13.2. The van der Waals surface area contributed by atoms with E-state index in [0.717, 1.165) is 5.56 Å². The molecule has 3 rings (SSSR count). The Morgan fingerprint density at radius 2 is 1.84 bits per heavy atom. The van der Waals surface area contributed by atoms with Crippen LogP contribution >= 0.6 is 0 Å². The summed E-state index contributed by atoms with van der Waals surface area (Å²) in [5, 5.41) is 0. The van der Waals surface area contributed by atoms with E-state index in [1.807, 2.05) is 30.3 Å². The van der Waals surface area contributed by atoms with Crippen molar-refractivity contribution < 1.29 is 8.81 Å². The van der Waals surface area contributed by atoms with Gasteiger partial charge in [0.1, 0.15) is 5.82 Å². The highest BCUT2D eigenvalue weighted by atomic mass is 19.1. The first kappa shape index (κ1) is 11.5. The van der Waals surface area contributed by atoms with Crippen molar-refractivity contribution in [1.29, 1.82) is 0 Å². The molecule has 3 nitrogen and oxygen atoms in total. The van der Waals surface area contributed by atoms with Crippen LogP contribution in [-0.2, 0) is 0 Å². The summed E-state index contributed by atoms with van der Waals surface area (Å²) >= 11 is 0. The average Bonchev–Trinajstić information content (AvgIpc) is 2.92. The number of hydrogen-bond acceptors (Lipinski definition) is 3. The highest BCUT2D eigenvalue weighted by Crippen LogP contribution is 2.29. The fourth-order valence-electron chi connectivity index (χ4n) is 1.85. The lowest BCUT2D eigenvalue weighted by Crippen LogP contribution is -1.90. The van der Waals surface area contributed by atoms with Gasteiger partial charge in [-0.3, -0.25) is 0 Å². The third-order valence-electron chi connectivity index (χ3n) is 2.81. The summed E-state index contributed by atoms with van der Waals surface area (Å²) in [7, 11) is 0. The highest BCUT2D eigenvalue weighted by molar-refractivity contribution is 5.71. The summed E-state index contributed by atoms with van der Waals surface area (Å²) in [4.78, 5) is 4.15. The Balaban J connectivity index is 2.04. The van der Waals surface area contributed by atoms with Gasteiger partial charge in [0.05, 0.1) is 11.8 Å². The molecular weight excluding hydrogens is 243 g/mol. The second-order valence-corrected chi connectivity index (χ2v) is 4.13. The number of aromatic nitrogens is 1. The van der Waals surface area contributed by atoms with E-state index < -0.39 is 0 Å². The van der Waals surface area contributed by atoms with Gasteiger partial charge in [-0.25, -0.2) is 9.37 Å². The Labute approximate surface area is 109 Å². The van der Waals surface area contributed by atoms with Gasteiger partial charge in [-0.1, -0.05) is 30.3 Å². The quantitative estimate of drug-likeness (QED) is 0.709. The maximum atomic E-state index is 13.2.